The molecule has 6 nitrogen and oxygen atoms in total. The number of benzene rings is 3. The number of hydrogen-bond donors (Lipinski definition) is 0. The highest BCUT2D eigenvalue weighted by molar-refractivity contribution is 7.17. The Labute approximate surface area is 233 Å². The van der Waals surface area contributed by atoms with Crippen LogP contribution in [0.25, 0.3) is 56.2 Å². The van der Waals surface area contributed by atoms with Gasteiger partial charge in [0.2, 0.25) is 0 Å². The minimum atomic E-state index is -0.335. The van der Waals surface area contributed by atoms with Gasteiger partial charge in [-0.15, -0.1) is 0 Å². The second-order valence-corrected chi connectivity index (χ2v) is 9.54. The highest BCUT2D eigenvalue weighted by Crippen LogP contribution is 2.30. The molecule has 0 aliphatic heterocycles. The summed E-state index contributed by atoms with van der Waals surface area (Å²) in [6.07, 6.45) is 7.18. The van der Waals surface area contributed by atoms with E-state index in [0.29, 0.717) is 5.82 Å². The monoisotopic (exact) mass is 538 g/mol. The summed E-state index contributed by atoms with van der Waals surface area (Å²) >= 11 is 0. The van der Waals surface area contributed by atoms with Crippen molar-refractivity contribution in [2.24, 2.45) is 0 Å². The Morgan fingerprint density at radius 2 is 0.900 bits per heavy atom. The van der Waals surface area contributed by atoms with Crippen molar-refractivity contribution in [2.45, 2.75) is 6.61 Å². The molecule has 0 saturated heterocycles. The summed E-state index contributed by atoms with van der Waals surface area (Å²) in [4.78, 5) is 18.1. The van der Waals surface area contributed by atoms with Crippen LogP contribution in [-0.2, 0) is 15.7 Å². The summed E-state index contributed by atoms with van der Waals surface area (Å²) in [7, 11) is -0.335. The molecule has 0 fully saturated rings. The van der Waals surface area contributed by atoms with Crippen molar-refractivity contribution in [2.75, 3.05) is 0 Å². The molecule has 7 heteroatoms. The van der Waals surface area contributed by atoms with Crippen LogP contribution in [-0.4, -0.2) is 19.9 Å². The first-order chi connectivity index (χ1) is 19.8. The number of nitrogens with zero attached hydrogens (tertiary/aromatic N) is 4. The summed E-state index contributed by atoms with van der Waals surface area (Å²) in [6, 6.07) is 34.5. The van der Waals surface area contributed by atoms with Gasteiger partial charge in [0.25, 0.3) is 0 Å². The van der Waals surface area contributed by atoms with Gasteiger partial charge in [-0.05, 0) is 58.1 Å². The number of hydrogen-bond acceptors (Lipinski definition) is 6. The average Bonchev–Trinajstić information content (AvgIpc) is 3.05. The molecule has 0 bridgehead atoms. The molecule has 0 N–H and O–H groups in total. The third kappa shape index (κ3) is 5.74. The van der Waals surface area contributed by atoms with Gasteiger partial charge in [-0.3, -0.25) is 14.5 Å². The largest absolute Gasteiger partial charge is 0.327 e. The van der Waals surface area contributed by atoms with Gasteiger partial charge in [-0.1, -0.05) is 72.8 Å². The first kappa shape index (κ1) is 25.4. The lowest BCUT2D eigenvalue weighted by Crippen LogP contribution is -1.96. The summed E-state index contributed by atoms with van der Waals surface area (Å²) in [5.41, 5.74) is 9.90. The van der Waals surface area contributed by atoms with E-state index in [9.17, 15) is 4.57 Å². The van der Waals surface area contributed by atoms with Crippen LogP contribution in [0.3, 0.4) is 0 Å². The maximum Gasteiger partial charge on any atom is 0.327 e. The number of pyridine rings is 2. The predicted octanol–water partition coefficient (Wildman–Crippen LogP) is 8.32. The maximum atomic E-state index is 10.7. The SMILES string of the molecule is O=POCc1ccc(-c2nc(-c3ccc(-c4ccncc4)cc3)cc(-c3ccc(-c4ccncc4)cc3)n2)cc1. The second kappa shape index (κ2) is 11.9. The highest BCUT2D eigenvalue weighted by Gasteiger charge is 2.12. The van der Waals surface area contributed by atoms with Crippen molar-refractivity contribution >= 4 is 8.69 Å². The Bertz CT molecular complexity index is 1630. The molecule has 0 unspecified atom stereocenters. The molecule has 6 rings (SSSR count). The van der Waals surface area contributed by atoms with Crippen LogP contribution >= 0.6 is 8.69 Å². The lowest BCUT2D eigenvalue weighted by atomic mass is 10.0. The van der Waals surface area contributed by atoms with Gasteiger partial charge in [0.15, 0.2) is 5.82 Å². The fraction of sp³-hybridized carbons (Fsp3) is 0.0303. The molecular formula is C33H23N4O2P. The molecule has 0 aliphatic rings. The summed E-state index contributed by atoms with van der Waals surface area (Å²) in [5.74, 6) is 0.623. The van der Waals surface area contributed by atoms with E-state index in [1.165, 1.54) is 0 Å². The lowest BCUT2D eigenvalue weighted by molar-refractivity contribution is 0.332. The first-order valence-electron chi connectivity index (χ1n) is 12.7. The van der Waals surface area contributed by atoms with Crippen molar-refractivity contribution in [1.29, 1.82) is 0 Å². The van der Waals surface area contributed by atoms with E-state index in [1.807, 2.05) is 54.6 Å². The van der Waals surface area contributed by atoms with Crippen LogP contribution in [0.1, 0.15) is 5.56 Å². The Morgan fingerprint density at radius 1 is 0.500 bits per heavy atom. The molecule has 0 amide bonds. The van der Waals surface area contributed by atoms with Crippen molar-refractivity contribution in [1.82, 2.24) is 19.9 Å². The topological polar surface area (TPSA) is 77.9 Å². The fourth-order valence-electron chi connectivity index (χ4n) is 4.48. The zero-order valence-electron chi connectivity index (χ0n) is 21.4. The summed E-state index contributed by atoms with van der Waals surface area (Å²) < 4.78 is 15.6. The molecule has 192 valence electrons. The molecule has 3 aromatic heterocycles. The van der Waals surface area contributed by atoms with Crippen LogP contribution in [0.2, 0.25) is 0 Å². The first-order valence-corrected chi connectivity index (χ1v) is 13.4. The zero-order chi connectivity index (χ0) is 27.1. The third-order valence-electron chi connectivity index (χ3n) is 6.61. The van der Waals surface area contributed by atoms with Gasteiger partial charge in [-0.25, -0.2) is 14.5 Å². The number of rotatable bonds is 8. The normalized spacial score (nSPS) is 11.0. The molecule has 0 aliphatic carbocycles. The maximum absolute atomic E-state index is 10.7. The van der Waals surface area contributed by atoms with Crippen LogP contribution in [0.4, 0.5) is 0 Å². The van der Waals surface area contributed by atoms with Gasteiger partial charge in [-0.2, -0.15) is 0 Å². The summed E-state index contributed by atoms with van der Waals surface area (Å²) in [5, 5.41) is 0. The molecule has 0 atom stereocenters. The van der Waals surface area contributed by atoms with Crippen molar-refractivity contribution in [3.05, 3.63) is 133 Å². The van der Waals surface area contributed by atoms with Gasteiger partial charge in [0.05, 0.1) is 18.0 Å². The molecule has 3 heterocycles. The van der Waals surface area contributed by atoms with Crippen molar-refractivity contribution < 1.29 is 9.09 Å². The van der Waals surface area contributed by atoms with Gasteiger partial charge in [0, 0.05) is 41.5 Å². The zero-order valence-corrected chi connectivity index (χ0v) is 22.3. The van der Waals surface area contributed by atoms with E-state index in [4.69, 9.17) is 14.5 Å². The Balaban J connectivity index is 1.39. The van der Waals surface area contributed by atoms with Crippen LogP contribution in [0, 0.1) is 0 Å². The smallest absolute Gasteiger partial charge is 0.290 e. The Kier molecular flexibility index (Phi) is 7.53. The Hall–Kier alpha value is -4.90. The lowest BCUT2D eigenvalue weighted by Gasteiger charge is -2.11. The minimum absolute atomic E-state index is 0.269. The molecule has 6 aromatic rings. The molecule has 3 aromatic carbocycles. The molecule has 0 saturated carbocycles. The second-order valence-electron chi connectivity index (χ2n) is 9.13. The average molecular weight is 539 g/mol. The van der Waals surface area contributed by atoms with E-state index < -0.39 is 0 Å². The van der Waals surface area contributed by atoms with Gasteiger partial charge in [0.1, 0.15) is 0 Å². The standard InChI is InChI=1S/C33H23N4O2P/c38-40-39-22-23-1-3-30(4-2-23)33-36-31(28-9-5-24(6-10-28)26-13-17-34-18-14-26)21-32(37-33)29-11-7-25(8-12-29)27-15-19-35-20-16-27/h1-21H,22H2. The van der Waals surface area contributed by atoms with E-state index in [1.54, 1.807) is 24.8 Å². The Morgan fingerprint density at radius 3 is 1.35 bits per heavy atom. The van der Waals surface area contributed by atoms with Crippen LogP contribution < -0.4 is 0 Å². The molecular weight excluding hydrogens is 515 g/mol. The fourth-order valence-corrected chi connectivity index (χ4v) is 4.68. The third-order valence-corrected chi connectivity index (χ3v) is 6.85. The predicted molar refractivity (Wildman–Crippen MR) is 157 cm³/mol. The molecule has 40 heavy (non-hydrogen) atoms. The van der Waals surface area contributed by atoms with E-state index in [2.05, 4.69) is 58.5 Å². The molecule has 0 spiro atoms. The number of aromatic nitrogens is 4. The van der Waals surface area contributed by atoms with Crippen LogP contribution in [0.15, 0.2) is 128 Å². The van der Waals surface area contributed by atoms with E-state index in [-0.39, 0.29) is 15.3 Å². The van der Waals surface area contributed by atoms with Gasteiger partial charge < -0.3 is 0 Å². The van der Waals surface area contributed by atoms with Crippen molar-refractivity contribution in [3.8, 4) is 56.2 Å². The van der Waals surface area contributed by atoms with E-state index >= 15 is 0 Å². The highest BCUT2D eigenvalue weighted by atomic mass is 31.1. The van der Waals surface area contributed by atoms with E-state index in [0.717, 1.165) is 55.9 Å². The minimum Gasteiger partial charge on any atom is -0.290 e. The van der Waals surface area contributed by atoms with Gasteiger partial charge >= 0.3 is 8.69 Å². The molecule has 0 radical (unpaired) electrons. The van der Waals surface area contributed by atoms with Crippen LogP contribution in [0.5, 0.6) is 0 Å². The quantitative estimate of drug-likeness (QED) is 0.181. The summed E-state index contributed by atoms with van der Waals surface area (Å²) in [6.45, 7) is 0.269. The van der Waals surface area contributed by atoms with Crippen molar-refractivity contribution in [3.63, 3.8) is 0 Å².